The zero-order valence-corrected chi connectivity index (χ0v) is 12.2. The Morgan fingerprint density at radius 1 is 1.57 bits per heavy atom. The van der Waals surface area contributed by atoms with Gasteiger partial charge in [0.1, 0.15) is 11.6 Å². The van der Waals surface area contributed by atoms with E-state index in [2.05, 4.69) is 15.5 Å². The second-order valence-electron chi connectivity index (χ2n) is 4.21. The van der Waals surface area contributed by atoms with Gasteiger partial charge in [-0.1, -0.05) is 6.07 Å². The number of amides is 1. The molecule has 0 saturated carbocycles. The number of nitrogens with zero attached hydrogens (tertiary/aromatic N) is 2. The third-order valence-electron chi connectivity index (χ3n) is 2.76. The summed E-state index contributed by atoms with van der Waals surface area (Å²) in [6.45, 7) is 2.65. The lowest BCUT2D eigenvalue weighted by atomic mass is 10.3. The maximum Gasteiger partial charge on any atom is 0.258 e. The molecule has 0 bridgehead atoms. The van der Waals surface area contributed by atoms with Gasteiger partial charge < -0.3 is 14.6 Å². The van der Waals surface area contributed by atoms with E-state index in [9.17, 15) is 9.18 Å². The maximum atomic E-state index is 12.9. The summed E-state index contributed by atoms with van der Waals surface area (Å²) < 4.78 is 20.4. The number of H-pyrrole nitrogens is 1. The van der Waals surface area contributed by atoms with E-state index in [0.29, 0.717) is 22.9 Å². The molecule has 112 valence electrons. The van der Waals surface area contributed by atoms with Crippen LogP contribution in [0, 0.1) is 10.6 Å². The van der Waals surface area contributed by atoms with Crippen molar-refractivity contribution in [3.63, 3.8) is 0 Å². The number of ether oxygens (including phenoxy) is 1. The Labute approximate surface area is 125 Å². The maximum absolute atomic E-state index is 12.9. The number of aromatic amines is 1. The first-order valence-electron chi connectivity index (χ1n) is 6.39. The van der Waals surface area contributed by atoms with Crippen LogP contribution in [0.4, 0.5) is 4.39 Å². The Bertz CT molecular complexity index is 683. The highest BCUT2D eigenvalue weighted by Gasteiger charge is 2.07. The van der Waals surface area contributed by atoms with Crippen LogP contribution in [0.3, 0.4) is 0 Å². The predicted molar refractivity (Wildman–Crippen MR) is 76.8 cm³/mol. The van der Waals surface area contributed by atoms with Crippen LogP contribution in [-0.2, 0) is 17.9 Å². The van der Waals surface area contributed by atoms with Crippen LogP contribution < -0.4 is 10.1 Å². The zero-order chi connectivity index (χ0) is 15.2. The molecule has 1 amide bonds. The molecule has 21 heavy (non-hydrogen) atoms. The van der Waals surface area contributed by atoms with Gasteiger partial charge in [0.25, 0.3) is 5.91 Å². The summed E-state index contributed by atoms with van der Waals surface area (Å²) in [6.07, 6.45) is 0. The first kappa shape index (κ1) is 15.2. The second kappa shape index (κ2) is 6.98. The highest BCUT2D eigenvalue weighted by Crippen LogP contribution is 2.11. The van der Waals surface area contributed by atoms with E-state index >= 15 is 0 Å². The molecule has 6 nitrogen and oxygen atoms in total. The molecule has 0 saturated heterocycles. The molecule has 0 radical (unpaired) electrons. The van der Waals surface area contributed by atoms with Gasteiger partial charge in [0.05, 0.1) is 6.54 Å². The number of benzene rings is 1. The lowest BCUT2D eigenvalue weighted by molar-refractivity contribution is -0.123. The number of halogens is 1. The Kier molecular flexibility index (Phi) is 5.04. The number of hydrogen-bond acceptors (Lipinski definition) is 4. The van der Waals surface area contributed by atoms with Crippen molar-refractivity contribution in [3.8, 4) is 5.75 Å². The molecule has 0 spiro atoms. The van der Waals surface area contributed by atoms with E-state index in [-0.39, 0.29) is 19.1 Å². The molecular formula is C13H15FN4O2S. The van der Waals surface area contributed by atoms with Crippen molar-refractivity contribution in [2.45, 2.75) is 20.0 Å². The quantitative estimate of drug-likeness (QED) is 0.798. The van der Waals surface area contributed by atoms with Crippen LogP contribution in [0.2, 0.25) is 0 Å². The molecular weight excluding hydrogens is 295 g/mol. The second-order valence-corrected chi connectivity index (χ2v) is 4.60. The molecule has 0 aliphatic heterocycles. The summed E-state index contributed by atoms with van der Waals surface area (Å²) in [5, 5.41) is 9.36. The van der Waals surface area contributed by atoms with Gasteiger partial charge in [-0.05, 0) is 31.3 Å². The Morgan fingerprint density at radius 3 is 3.10 bits per heavy atom. The molecule has 2 aromatic rings. The lowest BCUT2D eigenvalue weighted by Crippen LogP contribution is -2.29. The molecule has 0 fully saturated rings. The minimum atomic E-state index is -0.411. The fraction of sp³-hybridized carbons (Fsp3) is 0.308. The van der Waals surface area contributed by atoms with Crippen LogP contribution in [0.1, 0.15) is 12.7 Å². The number of nitrogens with one attached hydrogen (secondary N) is 2. The highest BCUT2D eigenvalue weighted by molar-refractivity contribution is 7.71. The normalized spacial score (nSPS) is 10.4. The van der Waals surface area contributed by atoms with Crippen LogP contribution in [0.15, 0.2) is 24.3 Å². The van der Waals surface area contributed by atoms with Gasteiger partial charge >= 0.3 is 0 Å². The van der Waals surface area contributed by atoms with Crippen LogP contribution in [0.25, 0.3) is 0 Å². The van der Waals surface area contributed by atoms with Gasteiger partial charge in [0.2, 0.25) is 0 Å². The van der Waals surface area contributed by atoms with Gasteiger partial charge in [-0.25, -0.2) is 4.39 Å². The van der Waals surface area contributed by atoms with Gasteiger partial charge in [0, 0.05) is 12.6 Å². The van der Waals surface area contributed by atoms with E-state index in [1.807, 2.05) is 6.92 Å². The Morgan fingerprint density at radius 2 is 2.38 bits per heavy atom. The van der Waals surface area contributed by atoms with Gasteiger partial charge in [0.15, 0.2) is 17.2 Å². The molecule has 0 aliphatic rings. The summed E-state index contributed by atoms with van der Waals surface area (Å²) in [6, 6.07) is 5.62. The molecule has 8 heteroatoms. The minimum Gasteiger partial charge on any atom is -0.484 e. The van der Waals surface area contributed by atoms with Gasteiger partial charge in [-0.2, -0.15) is 5.10 Å². The number of carbonyl (C=O) groups is 1. The molecule has 0 aliphatic carbocycles. The molecule has 1 aromatic carbocycles. The fourth-order valence-corrected chi connectivity index (χ4v) is 2.03. The van der Waals surface area contributed by atoms with E-state index in [1.165, 1.54) is 18.2 Å². The van der Waals surface area contributed by atoms with E-state index in [4.69, 9.17) is 17.0 Å². The Balaban J connectivity index is 1.83. The van der Waals surface area contributed by atoms with Crippen molar-refractivity contribution in [1.29, 1.82) is 0 Å². The van der Waals surface area contributed by atoms with Crippen molar-refractivity contribution >= 4 is 18.1 Å². The number of rotatable bonds is 6. The monoisotopic (exact) mass is 310 g/mol. The van der Waals surface area contributed by atoms with Crippen LogP contribution in [-0.4, -0.2) is 27.3 Å². The lowest BCUT2D eigenvalue weighted by Gasteiger charge is -2.08. The third kappa shape index (κ3) is 4.12. The minimum absolute atomic E-state index is 0.194. The standard InChI is InChI=1S/C13H15FN4O2S/c1-2-18-11(16-17-13(18)21)7-15-12(19)8-20-10-5-3-4-9(14)6-10/h3-6H,2,7-8H2,1H3,(H,15,19)(H,17,21). The van der Waals surface area contributed by atoms with Crippen LogP contribution in [0.5, 0.6) is 5.75 Å². The molecule has 1 aromatic heterocycles. The SMILES string of the molecule is CCn1c(CNC(=O)COc2cccc(F)c2)n[nH]c1=S. The van der Waals surface area contributed by atoms with Gasteiger partial charge in [-0.3, -0.25) is 9.89 Å². The predicted octanol–water partition coefficient (Wildman–Crippen LogP) is 1.79. The molecule has 2 N–H and O–H groups in total. The average Bonchev–Trinajstić information content (AvgIpc) is 2.83. The first-order valence-corrected chi connectivity index (χ1v) is 6.80. The highest BCUT2D eigenvalue weighted by atomic mass is 32.1. The van der Waals surface area contributed by atoms with E-state index in [1.54, 1.807) is 10.6 Å². The zero-order valence-electron chi connectivity index (χ0n) is 11.4. The summed E-state index contributed by atoms with van der Waals surface area (Å²) in [5.41, 5.74) is 0. The summed E-state index contributed by atoms with van der Waals surface area (Å²) >= 11 is 5.05. The summed E-state index contributed by atoms with van der Waals surface area (Å²) in [5.74, 6) is 0.213. The smallest absolute Gasteiger partial charge is 0.258 e. The van der Waals surface area contributed by atoms with E-state index < -0.39 is 5.82 Å². The van der Waals surface area contributed by atoms with Crippen LogP contribution >= 0.6 is 12.2 Å². The first-order chi connectivity index (χ1) is 10.1. The molecule has 0 atom stereocenters. The summed E-state index contributed by atoms with van der Waals surface area (Å²) in [4.78, 5) is 11.7. The third-order valence-corrected chi connectivity index (χ3v) is 3.07. The van der Waals surface area contributed by atoms with Gasteiger partial charge in [-0.15, -0.1) is 0 Å². The van der Waals surface area contributed by atoms with E-state index in [0.717, 1.165) is 0 Å². The topological polar surface area (TPSA) is 71.9 Å². The van der Waals surface area contributed by atoms with Crippen molar-refractivity contribution in [2.75, 3.05) is 6.61 Å². The summed E-state index contributed by atoms with van der Waals surface area (Å²) in [7, 11) is 0. The molecule has 2 rings (SSSR count). The number of hydrogen-bond donors (Lipinski definition) is 2. The molecule has 0 unspecified atom stereocenters. The number of carbonyl (C=O) groups excluding carboxylic acids is 1. The van der Waals surface area contributed by atoms with Crippen molar-refractivity contribution in [2.24, 2.45) is 0 Å². The fourth-order valence-electron chi connectivity index (χ4n) is 1.75. The average molecular weight is 310 g/mol. The number of aromatic nitrogens is 3. The largest absolute Gasteiger partial charge is 0.484 e. The van der Waals surface area contributed by atoms with Crippen molar-refractivity contribution < 1.29 is 13.9 Å². The molecule has 1 heterocycles. The van der Waals surface area contributed by atoms with Crippen molar-refractivity contribution in [1.82, 2.24) is 20.1 Å². The Hall–Kier alpha value is -2.22. The van der Waals surface area contributed by atoms with Crippen molar-refractivity contribution in [3.05, 3.63) is 40.7 Å².